The summed E-state index contributed by atoms with van der Waals surface area (Å²) in [6.45, 7) is 8.03. The Hall–Kier alpha value is -5.29. The molecular weight excluding hydrogens is 803 g/mol. The van der Waals surface area contributed by atoms with Gasteiger partial charge in [0.25, 0.3) is 0 Å². The third-order valence-electron chi connectivity index (χ3n) is 13.6. The zero-order valence-corrected chi connectivity index (χ0v) is 35.3. The Balaban J connectivity index is 1.39. The summed E-state index contributed by atoms with van der Waals surface area (Å²) in [5.41, 5.74) is -6.68. The lowest BCUT2D eigenvalue weighted by atomic mass is 9.44. The van der Waals surface area contributed by atoms with Crippen LogP contribution in [-0.2, 0) is 42.9 Å². The molecule has 7 rings (SSSR count). The molecule has 0 amide bonds. The van der Waals surface area contributed by atoms with Gasteiger partial charge in [-0.25, -0.2) is 9.59 Å². The number of aliphatic hydroxyl groups excluding tert-OH is 3. The van der Waals surface area contributed by atoms with Gasteiger partial charge in [-0.2, -0.15) is 0 Å². The molecule has 330 valence electrons. The Morgan fingerprint density at radius 3 is 1.95 bits per heavy atom. The summed E-state index contributed by atoms with van der Waals surface area (Å²) in [7, 11) is 0. The summed E-state index contributed by atoms with van der Waals surface area (Å²) in [5, 5.41) is 51.7. The van der Waals surface area contributed by atoms with Crippen molar-refractivity contribution in [2.75, 3.05) is 6.61 Å². The average Bonchev–Trinajstić information content (AvgIpc) is 3.24. The van der Waals surface area contributed by atoms with Crippen molar-refractivity contribution < 1.29 is 68.1 Å². The second kappa shape index (κ2) is 16.8. The van der Waals surface area contributed by atoms with E-state index in [2.05, 4.69) is 5.32 Å². The van der Waals surface area contributed by atoms with E-state index in [1.807, 2.05) is 0 Å². The summed E-state index contributed by atoms with van der Waals surface area (Å²) in [6, 6.07) is 23.6. The second-order valence-corrected chi connectivity index (χ2v) is 17.5. The topological polar surface area (TPSA) is 224 Å². The van der Waals surface area contributed by atoms with E-state index < -0.39 is 113 Å². The molecule has 5 N–H and O–H groups in total. The van der Waals surface area contributed by atoms with Gasteiger partial charge in [0, 0.05) is 32.1 Å². The molecule has 3 aliphatic carbocycles. The number of ether oxygens (including phenoxy) is 5. The fraction of sp³-hybridized carbons (Fsp3) is 0.468. The summed E-state index contributed by atoms with van der Waals surface area (Å²) in [5.74, 6) is -6.16. The van der Waals surface area contributed by atoms with Gasteiger partial charge in [0.1, 0.15) is 30.1 Å². The van der Waals surface area contributed by atoms with Crippen molar-refractivity contribution in [2.45, 2.75) is 114 Å². The van der Waals surface area contributed by atoms with Gasteiger partial charge in [0.2, 0.25) is 0 Å². The van der Waals surface area contributed by atoms with Crippen molar-refractivity contribution in [1.82, 2.24) is 5.32 Å². The van der Waals surface area contributed by atoms with Gasteiger partial charge in [-0.1, -0.05) is 92.7 Å². The molecule has 3 unspecified atom stereocenters. The predicted octanol–water partition coefficient (Wildman–Crippen LogP) is 3.59. The highest BCUT2D eigenvalue weighted by Gasteiger charge is 2.78. The van der Waals surface area contributed by atoms with Crippen LogP contribution in [0.2, 0.25) is 0 Å². The molecule has 12 atom stereocenters. The van der Waals surface area contributed by atoms with Crippen LogP contribution in [0.15, 0.2) is 102 Å². The largest absolute Gasteiger partial charge is 0.456 e. The first-order valence-corrected chi connectivity index (χ1v) is 20.6. The Morgan fingerprint density at radius 1 is 0.823 bits per heavy atom. The van der Waals surface area contributed by atoms with Gasteiger partial charge in [-0.3, -0.25) is 19.7 Å². The van der Waals surface area contributed by atoms with E-state index in [4.69, 9.17) is 23.7 Å². The Kier molecular flexibility index (Phi) is 12.1. The first-order chi connectivity index (χ1) is 29.3. The van der Waals surface area contributed by atoms with Gasteiger partial charge < -0.3 is 44.1 Å². The smallest absolute Gasteiger partial charge is 0.338 e. The monoisotopic (exact) mass is 855 g/mol. The number of Topliss-reactive ketones (excluding diaryl/α,β-unsaturated/α-hetero) is 1. The number of fused-ring (bicyclic) bond motifs is 5. The van der Waals surface area contributed by atoms with Gasteiger partial charge in [-0.15, -0.1) is 0 Å². The highest BCUT2D eigenvalue weighted by atomic mass is 16.6. The lowest BCUT2D eigenvalue weighted by Gasteiger charge is -2.67. The molecular formula is C47H53NO14. The second-order valence-electron chi connectivity index (χ2n) is 17.5. The summed E-state index contributed by atoms with van der Waals surface area (Å²) >= 11 is 0. The van der Waals surface area contributed by atoms with Gasteiger partial charge in [0.15, 0.2) is 23.6 Å². The number of benzene rings is 3. The summed E-state index contributed by atoms with van der Waals surface area (Å²) in [6.07, 6.45) is -11.7. The van der Waals surface area contributed by atoms with Crippen LogP contribution in [0, 0.1) is 16.7 Å². The Bertz CT molecular complexity index is 2230. The number of carbonyl (C=O) groups excluding carboxylic acids is 5. The first kappa shape index (κ1) is 44.8. The molecule has 2 bridgehead atoms. The van der Waals surface area contributed by atoms with E-state index in [1.54, 1.807) is 92.7 Å². The lowest BCUT2D eigenvalue weighted by Crippen LogP contribution is -2.82. The molecule has 62 heavy (non-hydrogen) atoms. The predicted molar refractivity (Wildman–Crippen MR) is 218 cm³/mol. The number of aliphatic hydroxyl groups is 4. The minimum absolute atomic E-state index is 0.0112. The highest BCUT2D eigenvalue weighted by Crippen LogP contribution is 2.64. The standard InChI is InChI=1S/C47H53NO14/c1-25-31(60-43(56)36(52)35(28-16-10-7-11-17-28)48-41(54)29-18-12-8-13-19-29)23-47(57)40(61-42(55)30-20-14-9-15-21-30)38-45(6,32(51)22-33-46(38,24-58-33)62-27(3)50)39(53)37(59-26(2)49)34(25)44(47,4)5/h7-21,31-33,35-38,40-41,48,51-52,54,57H,22-24H2,1-6H3/t31-,32?,33+,35-,36+,37+,38-,40-,41?,45?,46-,47+/m0/s1. The van der Waals surface area contributed by atoms with Crippen LogP contribution in [0.3, 0.4) is 0 Å². The normalized spacial score (nSPS) is 32.5. The quantitative estimate of drug-likeness (QED) is 0.0805. The molecule has 1 heterocycles. The van der Waals surface area contributed by atoms with Crippen LogP contribution in [-0.4, -0.2) is 105 Å². The van der Waals surface area contributed by atoms with Crippen LogP contribution in [0.4, 0.5) is 0 Å². The third kappa shape index (κ3) is 7.43. The molecule has 2 saturated carbocycles. The molecule has 1 aliphatic heterocycles. The van der Waals surface area contributed by atoms with Crippen LogP contribution in [0.25, 0.3) is 0 Å². The van der Waals surface area contributed by atoms with E-state index in [-0.39, 0.29) is 29.7 Å². The van der Waals surface area contributed by atoms with Crippen molar-refractivity contribution in [3.63, 3.8) is 0 Å². The van der Waals surface area contributed by atoms with Gasteiger partial charge in [-0.05, 0) is 48.3 Å². The number of hydrogen-bond acceptors (Lipinski definition) is 15. The number of esters is 4. The molecule has 1 saturated heterocycles. The number of carbonyl (C=O) groups is 5. The number of hydrogen-bond donors (Lipinski definition) is 5. The van der Waals surface area contributed by atoms with E-state index in [0.717, 1.165) is 13.8 Å². The molecule has 3 aromatic carbocycles. The Morgan fingerprint density at radius 2 is 1.40 bits per heavy atom. The zero-order valence-electron chi connectivity index (χ0n) is 35.3. The lowest BCUT2D eigenvalue weighted by molar-refractivity contribution is -0.346. The van der Waals surface area contributed by atoms with Gasteiger partial charge in [0.05, 0.1) is 35.6 Å². The fourth-order valence-electron chi connectivity index (χ4n) is 10.3. The molecule has 3 aromatic rings. The number of rotatable bonds is 11. The van der Waals surface area contributed by atoms with E-state index in [1.165, 1.54) is 26.0 Å². The van der Waals surface area contributed by atoms with Crippen molar-refractivity contribution in [3.8, 4) is 0 Å². The highest BCUT2D eigenvalue weighted by molar-refractivity contribution is 5.95. The van der Waals surface area contributed by atoms with E-state index in [0.29, 0.717) is 11.1 Å². The average molecular weight is 856 g/mol. The van der Waals surface area contributed by atoms with Crippen molar-refractivity contribution in [1.29, 1.82) is 0 Å². The number of nitrogens with one attached hydrogen (secondary N) is 1. The van der Waals surface area contributed by atoms with Crippen LogP contribution in [0.1, 0.15) is 88.1 Å². The molecule has 15 heteroatoms. The molecule has 0 spiro atoms. The third-order valence-corrected chi connectivity index (χ3v) is 13.6. The van der Waals surface area contributed by atoms with Crippen LogP contribution < -0.4 is 5.32 Å². The fourth-order valence-corrected chi connectivity index (χ4v) is 10.3. The van der Waals surface area contributed by atoms with Crippen LogP contribution in [0.5, 0.6) is 0 Å². The summed E-state index contributed by atoms with van der Waals surface area (Å²) in [4.78, 5) is 70.1. The van der Waals surface area contributed by atoms with Crippen LogP contribution >= 0.6 is 0 Å². The maximum Gasteiger partial charge on any atom is 0.338 e. The zero-order chi connectivity index (χ0) is 44.9. The van der Waals surface area contributed by atoms with Gasteiger partial charge >= 0.3 is 23.9 Å². The molecule has 0 aromatic heterocycles. The number of ketones is 1. The van der Waals surface area contributed by atoms with E-state index in [9.17, 15) is 39.6 Å². The van der Waals surface area contributed by atoms with E-state index >= 15 is 4.79 Å². The van der Waals surface area contributed by atoms with Crippen molar-refractivity contribution >= 4 is 29.7 Å². The van der Waals surface area contributed by atoms with Crippen molar-refractivity contribution in [2.24, 2.45) is 16.7 Å². The molecule has 15 nitrogen and oxygen atoms in total. The molecule has 3 fully saturated rings. The minimum Gasteiger partial charge on any atom is -0.456 e. The minimum atomic E-state index is -2.38. The first-order valence-electron chi connectivity index (χ1n) is 20.6. The maximum absolute atomic E-state index is 15.5. The molecule has 4 aliphatic rings. The summed E-state index contributed by atoms with van der Waals surface area (Å²) < 4.78 is 30.3. The SMILES string of the molecule is CC(=O)O[C@H]1C(=O)C2(C)C(O)C[C@H]3OC[C@@]3(OC(C)=O)[C@H]2[C@H](OC(=O)c2ccccc2)[C@]2(O)C[C@H](OC(=O)[C@H](O)[C@@H](NC(O)c3ccccc3)c3ccccc3)C(C)=C1C2(C)C. The Labute approximate surface area is 359 Å². The molecule has 0 radical (unpaired) electrons. The maximum atomic E-state index is 15.5. The van der Waals surface area contributed by atoms with Crippen molar-refractivity contribution in [3.05, 3.63) is 119 Å².